The van der Waals surface area contributed by atoms with Crippen molar-refractivity contribution in [2.24, 2.45) is 0 Å². The van der Waals surface area contributed by atoms with Gasteiger partial charge in [-0.15, -0.1) is 0 Å². The molecular weight excluding hydrogens is 302 g/mol. The van der Waals surface area contributed by atoms with Gasteiger partial charge in [-0.05, 0) is 45.2 Å². The van der Waals surface area contributed by atoms with Gasteiger partial charge >= 0.3 is 6.09 Å². The van der Waals surface area contributed by atoms with Crippen LogP contribution in [-0.2, 0) is 11.3 Å². The lowest BCUT2D eigenvalue weighted by molar-refractivity contribution is 0.0187. The van der Waals surface area contributed by atoms with Crippen molar-refractivity contribution in [1.82, 2.24) is 15.2 Å². The molecular formula is C19H27N3O2. The van der Waals surface area contributed by atoms with E-state index >= 15 is 0 Å². The number of H-pyrrole nitrogens is 1. The second-order valence-electron chi connectivity index (χ2n) is 7.51. The number of fused-ring (bicyclic) bond motifs is 1. The monoisotopic (exact) mass is 329 g/mol. The quantitative estimate of drug-likeness (QED) is 0.903. The zero-order valence-electron chi connectivity index (χ0n) is 14.8. The third-order valence-electron chi connectivity index (χ3n) is 4.33. The van der Waals surface area contributed by atoms with Crippen molar-refractivity contribution in [2.75, 3.05) is 13.1 Å². The van der Waals surface area contributed by atoms with Crippen molar-refractivity contribution in [2.45, 2.75) is 51.8 Å². The van der Waals surface area contributed by atoms with E-state index in [4.69, 9.17) is 4.74 Å². The van der Waals surface area contributed by atoms with E-state index in [2.05, 4.69) is 34.7 Å². The topological polar surface area (TPSA) is 57.4 Å². The summed E-state index contributed by atoms with van der Waals surface area (Å²) in [4.78, 5) is 17.4. The molecule has 24 heavy (non-hydrogen) atoms. The largest absolute Gasteiger partial charge is 0.444 e. The van der Waals surface area contributed by atoms with Crippen LogP contribution in [0.25, 0.3) is 10.9 Å². The van der Waals surface area contributed by atoms with E-state index in [0.717, 1.165) is 31.4 Å². The van der Waals surface area contributed by atoms with Crippen LogP contribution in [0.5, 0.6) is 0 Å². The Kier molecular flexibility index (Phi) is 4.81. The molecule has 3 rings (SSSR count). The smallest absolute Gasteiger partial charge is 0.410 e. The van der Waals surface area contributed by atoms with Gasteiger partial charge in [0.05, 0.1) is 0 Å². The summed E-state index contributed by atoms with van der Waals surface area (Å²) in [6.07, 6.45) is 3.94. The lowest BCUT2D eigenvalue weighted by atomic mass is 10.1. The van der Waals surface area contributed by atoms with Crippen LogP contribution in [0, 0.1) is 0 Å². The van der Waals surface area contributed by atoms with Gasteiger partial charge in [0.1, 0.15) is 5.60 Å². The van der Waals surface area contributed by atoms with E-state index in [1.54, 1.807) is 0 Å². The number of ether oxygens (including phenoxy) is 1. The van der Waals surface area contributed by atoms with E-state index in [1.165, 1.54) is 10.9 Å². The average Bonchev–Trinajstić information content (AvgIpc) is 2.95. The van der Waals surface area contributed by atoms with Crippen molar-refractivity contribution in [3.05, 3.63) is 36.0 Å². The van der Waals surface area contributed by atoms with Crippen molar-refractivity contribution >= 4 is 17.0 Å². The number of amides is 1. The van der Waals surface area contributed by atoms with Gasteiger partial charge in [0.25, 0.3) is 0 Å². The number of benzene rings is 1. The Morgan fingerprint density at radius 1 is 1.38 bits per heavy atom. The molecule has 2 aromatic rings. The highest BCUT2D eigenvalue weighted by Gasteiger charge is 2.27. The van der Waals surface area contributed by atoms with Gasteiger partial charge in [-0.3, -0.25) is 0 Å². The summed E-state index contributed by atoms with van der Waals surface area (Å²) < 4.78 is 5.49. The number of hydrogen-bond donors (Lipinski definition) is 2. The summed E-state index contributed by atoms with van der Waals surface area (Å²) in [6.45, 7) is 8.00. The Morgan fingerprint density at radius 2 is 2.17 bits per heavy atom. The molecule has 2 N–H and O–H groups in total. The third kappa shape index (κ3) is 4.09. The SMILES string of the molecule is CC(C)(C)OC(=O)N1CCC[C@@H](NCc2c[nH]c3ccccc23)C1. The van der Waals surface area contributed by atoms with E-state index in [0.29, 0.717) is 12.6 Å². The number of rotatable bonds is 3. The maximum Gasteiger partial charge on any atom is 0.410 e. The molecule has 0 radical (unpaired) electrons. The van der Waals surface area contributed by atoms with Gasteiger partial charge in [0.15, 0.2) is 0 Å². The molecule has 1 amide bonds. The fourth-order valence-corrected chi connectivity index (χ4v) is 3.17. The number of hydrogen-bond acceptors (Lipinski definition) is 3. The van der Waals surface area contributed by atoms with Gasteiger partial charge in [-0.2, -0.15) is 0 Å². The molecule has 1 aliphatic heterocycles. The first-order valence-electron chi connectivity index (χ1n) is 8.69. The zero-order valence-corrected chi connectivity index (χ0v) is 14.8. The van der Waals surface area contributed by atoms with Crippen LogP contribution in [0.15, 0.2) is 30.5 Å². The van der Waals surface area contributed by atoms with Crippen molar-refractivity contribution in [1.29, 1.82) is 0 Å². The highest BCUT2D eigenvalue weighted by Crippen LogP contribution is 2.19. The molecule has 1 aromatic heterocycles. The summed E-state index contributed by atoms with van der Waals surface area (Å²) >= 11 is 0. The van der Waals surface area contributed by atoms with Crippen molar-refractivity contribution < 1.29 is 9.53 Å². The highest BCUT2D eigenvalue weighted by atomic mass is 16.6. The summed E-state index contributed by atoms with van der Waals surface area (Å²) in [5.74, 6) is 0. The highest BCUT2D eigenvalue weighted by molar-refractivity contribution is 5.82. The maximum absolute atomic E-state index is 12.2. The molecule has 0 spiro atoms. The van der Waals surface area contributed by atoms with Gasteiger partial charge in [-0.25, -0.2) is 4.79 Å². The molecule has 130 valence electrons. The second-order valence-corrected chi connectivity index (χ2v) is 7.51. The number of nitrogens with one attached hydrogen (secondary N) is 2. The number of nitrogens with zero attached hydrogens (tertiary/aromatic N) is 1. The van der Waals surface area contributed by atoms with Crippen molar-refractivity contribution in [3.8, 4) is 0 Å². The molecule has 1 saturated heterocycles. The van der Waals surface area contributed by atoms with Gasteiger partial charge in [0.2, 0.25) is 0 Å². The predicted octanol–water partition coefficient (Wildman–Crippen LogP) is 3.66. The first-order valence-corrected chi connectivity index (χ1v) is 8.69. The minimum atomic E-state index is -0.443. The number of carbonyl (C=O) groups is 1. The minimum Gasteiger partial charge on any atom is -0.444 e. The normalized spacial score (nSPS) is 18.8. The Balaban J connectivity index is 1.57. The fraction of sp³-hybridized carbons (Fsp3) is 0.526. The molecule has 1 atom stereocenters. The number of piperidine rings is 1. The van der Waals surface area contributed by atoms with E-state index in [1.807, 2.05) is 31.7 Å². The van der Waals surface area contributed by atoms with E-state index in [-0.39, 0.29) is 6.09 Å². The summed E-state index contributed by atoms with van der Waals surface area (Å²) in [6, 6.07) is 8.63. The molecule has 0 bridgehead atoms. The minimum absolute atomic E-state index is 0.207. The number of aromatic nitrogens is 1. The Labute approximate surface area is 143 Å². The maximum atomic E-state index is 12.2. The Bertz CT molecular complexity index is 702. The number of para-hydroxylation sites is 1. The fourth-order valence-electron chi connectivity index (χ4n) is 3.17. The van der Waals surface area contributed by atoms with E-state index in [9.17, 15) is 4.79 Å². The Hall–Kier alpha value is -2.01. The number of aromatic amines is 1. The van der Waals surface area contributed by atoms with Crippen LogP contribution >= 0.6 is 0 Å². The average molecular weight is 329 g/mol. The number of carbonyl (C=O) groups excluding carboxylic acids is 1. The lowest BCUT2D eigenvalue weighted by Gasteiger charge is -2.34. The summed E-state index contributed by atoms with van der Waals surface area (Å²) in [5, 5.41) is 4.85. The van der Waals surface area contributed by atoms with Crippen LogP contribution in [0.2, 0.25) is 0 Å². The molecule has 1 aromatic carbocycles. The number of likely N-dealkylation sites (tertiary alicyclic amines) is 1. The predicted molar refractivity (Wildman–Crippen MR) is 96.0 cm³/mol. The molecule has 5 heteroatoms. The van der Waals surface area contributed by atoms with Crippen LogP contribution < -0.4 is 5.32 Å². The molecule has 0 unspecified atom stereocenters. The molecule has 5 nitrogen and oxygen atoms in total. The van der Waals surface area contributed by atoms with Crippen LogP contribution in [0.1, 0.15) is 39.2 Å². The molecule has 0 saturated carbocycles. The zero-order chi connectivity index (χ0) is 17.2. The standard InChI is InChI=1S/C19H27N3O2/c1-19(2,3)24-18(23)22-10-6-7-15(13-22)20-11-14-12-21-17-9-5-4-8-16(14)17/h4-5,8-9,12,15,20-21H,6-7,10-11,13H2,1-3H3/t15-/m1/s1. The first-order chi connectivity index (χ1) is 11.4. The second kappa shape index (κ2) is 6.85. The first kappa shape index (κ1) is 16.8. The third-order valence-corrected chi connectivity index (χ3v) is 4.33. The lowest BCUT2D eigenvalue weighted by Crippen LogP contribution is -2.49. The van der Waals surface area contributed by atoms with Crippen LogP contribution in [-0.4, -0.2) is 40.7 Å². The molecule has 2 heterocycles. The van der Waals surface area contributed by atoms with Crippen molar-refractivity contribution in [3.63, 3.8) is 0 Å². The molecule has 1 fully saturated rings. The summed E-state index contributed by atoms with van der Waals surface area (Å²) in [7, 11) is 0. The summed E-state index contributed by atoms with van der Waals surface area (Å²) in [5.41, 5.74) is 1.98. The molecule has 1 aliphatic rings. The molecule has 0 aliphatic carbocycles. The van der Waals surface area contributed by atoms with Gasteiger partial charge < -0.3 is 19.9 Å². The van der Waals surface area contributed by atoms with Crippen LogP contribution in [0.3, 0.4) is 0 Å². The Morgan fingerprint density at radius 3 is 2.96 bits per heavy atom. The van der Waals surface area contributed by atoms with Crippen LogP contribution in [0.4, 0.5) is 4.79 Å². The van der Waals surface area contributed by atoms with E-state index < -0.39 is 5.60 Å². The van der Waals surface area contributed by atoms with Gasteiger partial charge in [0, 0.05) is 42.8 Å². The van der Waals surface area contributed by atoms with Gasteiger partial charge in [-0.1, -0.05) is 18.2 Å².